The molecule has 2 aromatic heterocycles. The largest absolute Gasteiger partial charge is 0.340 e. The van der Waals surface area contributed by atoms with Crippen molar-refractivity contribution in [3.8, 4) is 5.82 Å². The molecule has 0 aliphatic carbocycles. The summed E-state index contributed by atoms with van der Waals surface area (Å²) in [6.45, 7) is 3.51. The number of aromatic nitrogens is 4. The van der Waals surface area contributed by atoms with Gasteiger partial charge in [0.05, 0.1) is 5.02 Å². The van der Waals surface area contributed by atoms with Gasteiger partial charge in [0.15, 0.2) is 0 Å². The summed E-state index contributed by atoms with van der Waals surface area (Å²) in [7, 11) is -3.88. The predicted octanol–water partition coefficient (Wildman–Crippen LogP) is 5.13. The molecule has 2 N–H and O–H groups in total. The maximum atomic E-state index is 12.8. The molecule has 0 bridgehead atoms. The smallest absolute Gasteiger partial charge is 0.263 e. The van der Waals surface area contributed by atoms with Crippen LogP contribution in [0, 0.1) is 13.8 Å². The summed E-state index contributed by atoms with van der Waals surface area (Å²) in [5.41, 5.74) is 1.73. The van der Waals surface area contributed by atoms with Crippen LogP contribution in [0.15, 0.2) is 66.1 Å². The maximum Gasteiger partial charge on any atom is 0.263 e. The highest BCUT2D eigenvalue weighted by Gasteiger charge is 2.19. The molecule has 11 heteroatoms. The highest BCUT2D eigenvalue weighted by molar-refractivity contribution is 7.92. The number of rotatable bonds is 6. The fourth-order valence-electron chi connectivity index (χ4n) is 2.96. The second-order valence-corrected chi connectivity index (χ2v) is 9.43. The van der Waals surface area contributed by atoms with Crippen LogP contribution in [0.3, 0.4) is 0 Å². The zero-order valence-electron chi connectivity index (χ0n) is 17.0. The third-order valence-electron chi connectivity index (χ3n) is 4.51. The molecule has 2 aromatic carbocycles. The van der Waals surface area contributed by atoms with Gasteiger partial charge in [0.25, 0.3) is 10.0 Å². The van der Waals surface area contributed by atoms with Crippen LogP contribution in [0.1, 0.15) is 11.4 Å². The quantitative estimate of drug-likeness (QED) is 0.389. The lowest BCUT2D eigenvalue weighted by Gasteiger charge is -2.12. The fraction of sp³-hybridized carbons (Fsp3) is 0.0952. The van der Waals surface area contributed by atoms with Gasteiger partial charge >= 0.3 is 0 Å². The van der Waals surface area contributed by atoms with E-state index < -0.39 is 10.0 Å². The van der Waals surface area contributed by atoms with Crippen molar-refractivity contribution in [1.82, 2.24) is 19.5 Å². The summed E-state index contributed by atoms with van der Waals surface area (Å²) in [4.78, 5) is 12.8. The average Bonchev–Trinajstić information content (AvgIpc) is 3.26. The van der Waals surface area contributed by atoms with E-state index in [-0.39, 0.29) is 9.92 Å². The van der Waals surface area contributed by atoms with Gasteiger partial charge in [0.1, 0.15) is 28.7 Å². The SMILES string of the molecule is Cc1nc(Nc2ccc(NS(=O)(=O)c3cc(C)c(Cl)cc3Cl)cc2)cc(-n2ccnc2)n1. The van der Waals surface area contributed by atoms with E-state index in [9.17, 15) is 8.42 Å². The van der Waals surface area contributed by atoms with Crippen molar-refractivity contribution in [3.05, 3.63) is 82.6 Å². The normalized spacial score (nSPS) is 11.4. The Hall–Kier alpha value is -3.14. The number of hydrogen-bond acceptors (Lipinski definition) is 6. The van der Waals surface area contributed by atoms with Gasteiger partial charge < -0.3 is 5.32 Å². The van der Waals surface area contributed by atoms with Crippen LogP contribution in [-0.2, 0) is 10.0 Å². The maximum absolute atomic E-state index is 12.8. The summed E-state index contributed by atoms with van der Waals surface area (Å²) in [5.74, 6) is 1.87. The van der Waals surface area contributed by atoms with E-state index in [4.69, 9.17) is 23.2 Å². The van der Waals surface area contributed by atoms with E-state index in [1.54, 1.807) is 67.5 Å². The lowest BCUT2D eigenvalue weighted by Crippen LogP contribution is -2.13. The molecule has 4 rings (SSSR count). The molecule has 0 amide bonds. The topological polar surface area (TPSA) is 102 Å². The zero-order chi connectivity index (χ0) is 22.9. The van der Waals surface area contributed by atoms with Gasteiger partial charge in [-0.25, -0.2) is 23.4 Å². The second-order valence-electron chi connectivity index (χ2n) is 6.97. The molecule has 0 spiro atoms. The van der Waals surface area contributed by atoms with E-state index in [2.05, 4.69) is 25.0 Å². The van der Waals surface area contributed by atoms with E-state index in [0.717, 1.165) is 5.69 Å². The molecular formula is C21H18Cl2N6O2S. The van der Waals surface area contributed by atoms with Gasteiger partial charge in [-0.05, 0) is 55.8 Å². The molecule has 2 heterocycles. The third-order valence-corrected chi connectivity index (χ3v) is 6.76. The Morgan fingerprint density at radius 3 is 2.34 bits per heavy atom. The molecule has 0 unspecified atom stereocenters. The first-order valence-corrected chi connectivity index (χ1v) is 11.6. The molecule has 4 aromatic rings. The van der Waals surface area contributed by atoms with Crippen LogP contribution in [-0.4, -0.2) is 27.9 Å². The first-order valence-electron chi connectivity index (χ1n) is 9.41. The Labute approximate surface area is 195 Å². The molecule has 0 atom stereocenters. The van der Waals surface area contributed by atoms with Crippen molar-refractivity contribution >= 4 is 50.4 Å². The van der Waals surface area contributed by atoms with Gasteiger partial charge in [-0.1, -0.05) is 23.2 Å². The molecule has 32 heavy (non-hydrogen) atoms. The van der Waals surface area contributed by atoms with E-state index in [1.165, 1.54) is 12.1 Å². The molecule has 0 aliphatic rings. The Kier molecular flexibility index (Phi) is 6.05. The molecule has 0 radical (unpaired) electrons. The Morgan fingerprint density at radius 1 is 0.938 bits per heavy atom. The molecule has 164 valence electrons. The van der Waals surface area contributed by atoms with Crippen LogP contribution >= 0.6 is 23.2 Å². The first kappa shape index (κ1) is 22.1. The Morgan fingerprint density at radius 2 is 1.66 bits per heavy atom. The first-order chi connectivity index (χ1) is 15.2. The summed E-state index contributed by atoms with van der Waals surface area (Å²) >= 11 is 12.1. The molecule has 0 saturated heterocycles. The van der Waals surface area contributed by atoms with Crippen molar-refractivity contribution in [2.45, 2.75) is 18.7 Å². The minimum absolute atomic E-state index is 0.0354. The van der Waals surface area contributed by atoms with Crippen molar-refractivity contribution in [1.29, 1.82) is 0 Å². The van der Waals surface area contributed by atoms with Gasteiger partial charge in [0.2, 0.25) is 0 Å². The minimum atomic E-state index is -3.88. The summed E-state index contributed by atoms with van der Waals surface area (Å²) in [6, 6.07) is 11.4. The molecule has 0 saturated carbocycles. The lowest BCUT2D eigenvalue weighted by atomic mass is 10.2. The molecular weight excluding hydrogens is 471 g/mol. The Bertz CT molecular complexity index is 1370. The minimum Gasteiger partial charge on any atom is -0.340 e. The number of anilines is 3. The van der Waals surface area contributed by atoms with Crippen molar-refractivity contribution in [3.63, 3.8) is 0 Å². The van der Waals surface area contributed by atoms with Gasteiger partial charge in [-0.2, -0.15) is 0 Å². The van der Waals surface area contributed by atoms with Crippen LogP contribution in [0.25, 0.3) is 5.82 Å². The van der Waals surface area contributed by atoms with Gasteiger partial charge in [-0.15, -0.1) is 0 Å². The number of sulfonamides is 1. The van der Waals surface area contributed by atoms with Crippen molar-refractivity contribution in [2.75, 3.05) is 10.0 Å². The number of imidazole rings is 1. The molecule has 8 nitrogen and oxygen atoms in total. The highest BCUT2D eigenvalue weighted by Crippen LogP contribution is 2.30. The number of benzene rings is 2. The second kappa shape index (κ2) is 8.78. The predicted molar refractivity (Wildman–Crippen MR) is 126 cm³/mol. The standard InChI is InChI=1S/C21H18Cl2N6O2S/c1-13-9-19(18(23)10-17(13)22)32(30,31)28-16-5-3-15(4-6-16)27-20-11-21(26-14(2)25-20)29-8-7-24-12-29/h3-12,28H,1-2H3,(H,25,26,27). The number of hydrogen-bond donors (Lipinski definition) is 2. The zero-order valence-corrected chi connectivity index (χ0v) is 19.4. The number of nitrogens with one attached hydrogen (secondary N) is 2. The van der Waals surface area contributed by atoms with Crippen molar-refractivity contribution < 1.29 is 8.42 Å². The summed E-state index contributed by atoms with van der Waals surface area (Å²) in [5, 5.41) is 3.65. The van der Waals surface area contributed by atoms with Crippen LogP contribution < -0.4 is 10.0 Å². The average molecular weight is 489 g/mol. The summed E-state index contributed by atoms with van der Waals surface area (Å²) in [6.07, 6.45) is 5.12. The Balaban J connectivity index is 1.52. The lowest BCUT2D eigenvalue weighted by molar-refractivity contribution is 0.601. The van der Waals surface area contributed by atoms with Crippen LogP contribution in [0.4, 0.5) is 17.2 Å². The number of nitrogens with zero attached hydrogens (tertiary/aromatic N) is 4. The van der Waals surface area contributed by atoms with E-state index in [0.29, 0.717) is 33.7 Å². The van der Waals surface area contributed by atoms with Gasteiger partial charge in [0, 0.05) is 34.9 Å². The monoisotopic (exact) mass is 488 g/mol. The number of aryl methyl sites for hydroxylation is 2. The van der Waals surface area contributed by atoms with Crippen molar-refractivity contribution in [2.24, 2.45) is 0 Å². The molecule has 0 aliphatic heterocycles. The van der Waals surface area contributed by atoms with Crippen LogP contribution in [0.5, 0.6) is 0 Å². The van der Waals surface area contributed by atoms with E-state index >= 15 is 0 Å². The third kappa shape index (κ3) is 4.85. The summed E-state index contributed by atoms with van der Waals surface area (Å²) < 4.78 is 29.9. The van der Waals surface area contributed by atoms with Gasteiger partial charge in [-0.3, -0.25) is 9.29 Å². The molecule has 0 fully saturated rings. The van der Waals surface area contributed by atoms with E-state index in [1.807, 2.05) is 0 Å². The number of halogens is 2. The van der Waals surface area contributed by atoms with Crippen LogP contribution in [0.2, 0.25) is 10.0 Å². The fourth-order valence-corrected chi connectivity index (χ4v) is 4.85. The highest BCUT2D eigenvalue weighted by atomic mass is 35.5.